The zero-order valence-electron chi connectivity index (χ0n) is 9.85. The Balaban J connectivity index is 1.60. The molecule has 1 heterocycles. The molecule has 18 heavy (non-hydrogen) atoms. The summed E-state index contributed by atoms with van der Waals surface area (Å²) in [6.07, 6.45) is 5.98. The molecule has 1 aliphatic carbocycles. The van der Waals surface area contributed by atoms with Crippen LogP contribution in [-0.2, 0) is 4.79 Å². The van der Waals surface area contributed by atoms with Crippen molar-refractivity contribution in [3.8, 4) is 0 Å². The number of nitrogens with one attached hydrogen (secondary N) is 2. The Morgan fingerprint density at radius 1 is 1.44 bits per heavy atom. The fraction of sp³-hybridized carbons (Fsp3) is 0.545. The van der Waals surface area contributed by atoms with Crippen molar-refractivity contribution in [3.63, 3.8) is 0 Å². The normalized spacial score (nSPS) is 19.7. The van der Waals surface area contributed by atoms with Crippen molar-refractivity contribution in [1.82, 2.24) is 15.5 Å². The number of carbonyl (C=O) groups is 3. The summed E-state index contributed by atoms with van der Waals surface area (Å²) >= 11 is 0.994. The Kier molecular flexibility index (Phi) is 4.24. The highest BCUT2D eigenvalue weighted by atomic mass is 32.2. The SMILES string of the molecule is O=C(N/C=C/C1CC1)NCCN1C(=O)CSC1=O. The molecule has 6 nitrogen and oxygen atoms in total. The minimum Gasteiger partial charge on any atom is -0.336 e. The molecule has 0 spiro atoms. The van der Waals surface area contributed by atoms with Gasteiger partial charge in [-0.05, 0) is 18.8 Å². The van der Waals surface area contributed by atoms with Crippen LogP contribution in [-0.4, -0.2) is 40.9 Å². The number of rotatable bonds is 5. The van der Waals surface area contributed by atoms with E-state index in [1.165, 1.54) is 12.8 Å². The van der Waals surface area contributed by atoms with E-state index >= 15 is 0 Å². The van der Waals surface area contributed by atoms with Crippen LogP contribution in [0.25, 0.3) is 0 Å². The molecule has 2 rings (SSSR count). The average Bonchev–Trinajstić information content (AvgIpc) is 3.10. The van der Waals surface area contributed by atoms with E-state index in [0.717, 1.165) is 16.7 Å². The van der Waals surface area contributed by atoms with E-state index in [2.05, 4.69) is 10.6 Å². The van der Waals surface area contributed by atoms with E-state index < -0.39 is 0 Å². The molecule has 0 radical (unpaired) electrons. The van der Waals surface area contributed by atoms with Crippen LogP contribution in [0.2, 0.25) is 0 Å². The number of thioether (sulfide) groups is 1. The topological polar surface area (TPSA) is 78.5 Å². The summed E-state index contributed by atoms with van der Waals surface area (Å²) in [4.78, 5) is 35.0. The van der Waals surface area contributed by atoms with Crippen molar-refractivity contribution < 1.29 is 14.4 Å². The monoisotopic (exact) mass is 269 g/mol. The zero-order chi connectivity index (χ0) is 13.0. The van der Waals surface area contributed by atoms with E-state index in [0.29, 0.717) is 5.92 Å². The van der Waals surface area contributed by atoms with Crippen LogP contribution in [0.3, 0.4) is 0 Å². The van der Waals surface area contributed by atoms with E-state index in [-0.39, 0.29) is 36.0 Å². The molecule has 1 aliphatic heterocycles. The smallest absolute Gasteiger partial charge is 0.318 e. The summed E-state index contributed by atoms with van der Waals surface area (Å²) < 4.78 is 0. The maximum atomic E-state index is 11.3. The average molecular weight is 269 g/mol. The minimum absolute atomic E-state index is 0.194. The van der Waals surface area contributed by atoms with Crippen molar-refractivity contribution in [2.75, 3.05) is 18.8 Å². The molecule has 0 bridgehead atoms. The van der Waals surface area contributed by atoms with Crippen LogP contribution >= 0.6 is 11.8 Å². The zero-order valence-corrected chi connectivity index (χ0v) is 10.7. The number of allylic oxidation sites excluding steroid dienone is 1. The highest BCUT2D eigenvalue weighted by molar-refractivity contribution is 8.14. The summed E-state index contributed by atoms with van der Waals surface area (Å²) in [5.74, 6) is 0.623. The second-order valence-corrected chi connectivity index (χ2v) is 5.12. The second kappa shape index (κ2) is 5.90. The molecule has 1 saturated carbocycles. The van der Waals surface area contributed by atoms with Crippen LogP contribution in [0.4, 0.5) is 9.59 Å². The van der Waals surface area contributed by atoms with Gasteiger partial charge in [0.1, 0.15) is 0 Å². The second-order valence-electron chi connectivity index (χ2n) is 4.20. The Morgan fingerprint density at radius 3 is 2.83 bits per heavy atom. The van der Waals surface area contributed by atoms with Gasteiger partial charge in [-0.15, -0.1) is 0 Å². The Labute approximate surface area is 109 Å². The van der Waals surface area contributed by atoms with Gasteiger partial charge in [0.05, 0.1) is 5.75 Å². The van der Waals surface area contributed by atoms with Gasteiger partial charge in [-0.25, -0.2) is 4.79 Å². The Bertz CT molecular complexity index is 377. The van der Waals surface area contributed by atoms with Crippen molar-refractivity contribution in [2.45, 2.75) is 12.8 Å². The highest BCUT2D eigenvalue weighted by Gasteiger charge is 2.29. The van der Waals surface area contributed by atoms with Gasteiger partial charge in [0, 0.05) is 19.3 Å². The lowest BCUT2D eigenvalue weighted by molar-refractivity contribution is -0.124. The summed E-state index contributed by atoms with van der Waals surface area (Å²) in [6.45, 7) is 0.492. The van der Waals surface area contributed by atoms with Crippen LogP contribution in [0.5, 0.6) is 0 Å². The molecule has 0 aromatic rings. The highest BCUT2D eigenvalue weighted by Crippen LogP contribution is 2.29. The Hall–Kier alpha value is -1.50. The molecule has 0 unspecified atom stereocenters. The van der Waals surface area contributed by atoms with Crippen molar-refractivity contribution in [2.24, 2.45) is 5.92 Å². The van der Waals surface area contributed by atoms with Gasteiger partial charge in [0.15, 0.2) is 0 Å². The maximum absolute atomic E-state index is 11.3. The molecule has 4 amide bonds. The fourth-order valence-electron chi connectivity index (χ4n) is 1.48. The molecule has 7 heteroatoms. The summed E-state index contributed by atoms with van der Waals surface area (Å²) in [7, 11) is 0. The molecule has 0 atom stereocenters. The van der Waals surface area contributed by atoms with Crippen LogP contribution in [0.15, 0.2) is 12.3 Å². The number of nitrogens with zero attached hydrogens (tertiary/aromatic N) is 1. The Morgan fingerprint density at radius 2 is 2.22 bits per heavy atom. The predicted octanol–water partition coefficient (Wildman–Crippen LogP) is 0.905. The molecule has 0 aromatic heterocycles. The van der Waals surface area contributed by atoms with E-state index in [9.17, 15) is 14.4 Å². The first kappa shape index (κ1) is 12.9. The van der Waals surface area contributed by atoms with Crippen molar-refractivity contribution in [1.29, 1.82) is 0 Å². The van der Waals surface area contributed by atoms with Crippen LogP contribution in [0, 0.1) is 5.92 Å². The largest absolute Gasteiger partial charge is 0.336 e. The molecule has 2 aliphatic rings. The molecule has 1 saturated heterocycles. The number of imide groups is 1. The van der Waals surface area contributed by atoms with Crippen LogP contribution < -0.4 is 10.6 Å². The first-order chi connectivity index (χ1) is 8.66. The summed E-state index contributed by atoms with van der Waals surface area (Å²) in [5.41, 5.74) is 0. The molecule has 98 valence electrons. The number of hydrogen-bond donors (Lipinski definition) is 2. The van der Waals surface area contributed by atoms with Gasteiger partial charge >= 0.3 is 6.03 Å². The quantitative estimate of drug-likeness (QED) is 0.777. The third-order valence-electron chi connectivity index (χ3n) is 2.67. The van der Waals surface area contributed by atoms with Gasteiger partial charge < -0.3 is 10.6 Å². The number of carbonyl (C=O) groups excluding carboxylic acids is 3. The summed E-state index contributed by atoms with van der Waals surface area (Å²) in [6, 6.07) is -0.321. The molecular weight excluding hydrogens is 254 g/mol. The van der Waals surface area contributed by atoms with Gasteiger partial charge in [-0.3, -0.25) is 14.5 Å². The molecule has 0 aromatic carbocycles. The van der Waals surface area contributed by atoms with Gasteiger partial charge in [-0.1, -0.05) is 17.8 Å². The third-order valence-corrected chi connectivity index (χ3v) is 3.52. The van der Waals surface area contributed by atoms with Crippen molar-refractivity contribution in [3.05, 3.63) is 12.3 Å². The van der Waals surface area contributed by atoms with Gasteiger partial charge in [-0.2, -0.15) is 0 Å². The molecule has 2 fully saturated rings. The first-order valence-electron chi connectivity index (χ1n) is 5.85. The van der Waals surface area contributed by atoms with Crippen molar-refractivity contribution >= 4 is 28.9 Å². The third kappa shape index (κ3) is 3.76. The number of hydrogen-bond acceptors (Lipinski definition) is 4. The molecule has 2 N–H and O–H groups in total. The minimum atomic E-state index is -0.321. The van der Waals surface area contributed by atoms with E-state index in [1.807, 2.05) is 6.08 Å². The van der Waals surface area contributed by atoms with E-state index in [1.54, 1.807) is 6.20 Å². The lowest BCUT2D eigenvalue weighted by atomic mass is 10.4. The van der Waals surface area contributed by atoms with Crippen LogP contribution in [0.1, 0.15) is 12.8 Å². The predicted molar refractivity (Wildman–Crippen MR) is 68.0 cm³/mol. The number of amides is 4. The van der Waals surface area contributed by atoms with Gasteiger partial charge in [0.2, 0.25) is 5.91 Å². The molecular formula is C11H15N3O3S. The standard InChI is InChI=1S/C11H15N3O3S/c15-9-7-18-11(17)14(9)6-5-13-10(16)12-4-3-8-1-2-8/h3-4,8H,1-2,5-7H2,(H2,12,13,16)/b4-3+. The lowest BCUT2D eigenvalue weighted by Crippen LogP contribution is -2.40. The first-order valence-corrected chi connectivity index (χ1v) is 6.83. The number of urea groups is 1. The van der Waals surface area contributed by atoms with Gasteiger partial charge in [0.25, 0.3) is 5.24 Å². The maximum Gasteiger partial charge on any atom is 0.318 e. The van der Waals surface area contributed by atoms with E-state index in [4.69, 9.17) is 0 Å². The lowest BCUT2D eigenvalue weighted by Gasteiger charge is -2.12. The summed E-state index contributed by atoms with van der Waals surface area (Å²) in [5, 5.41) is 4.93. The fourth-order valence-corrected chi connectivity index (χ4v) is 2.23.